The normalized spacial score (nSPS) is 19.0. The first-order valence-electron chi connectivity index (χ1n) is 3.77. The minimum Gasteiger partial charge on any atom is -0.407 e. The number of nitrogens with zero attached hydrogens (tertiary/aromatic N) is 1. The molecule has 1 aromatic heterocycles. The Morgan fingerprint density at radius 2 is 2.46 bits per heavy atom. The molecule has 2 heterocycles. The second-order valence-corrected chi connectivity index (χ2v) is 3.39. The molecule has 2 rings (SSSR count). The molecular weight excluding hydrogens is 186 g/mol. The Morgan fingerprint density at radius 3 is 3.00 bits per heavy atom. The smallest absolute Gasteiger partial charge is 0.363 e. The number of aliphatic imine (C=N–C) groups is 1. The highest BCUT2D eigenvalue weighted by atomic mass is 32.1. The third-order valence-corrected chi connectivity index (χ3v) is 2.28. The van der Waals surface area contributed by atoms with Crippen LogP contribution >= 0.6 is 11.3 Å². The highest BCUT2D eigenvalue weighted by molar-refractivity contribution is 7.08. The predicted molar refractivity (Wildman–Crippen MR) is 51.5 cm³/mol. The van der Waals surface area contributed by atoms with Crippen molar-refractivity contribution in [2.45, 2.75) is 6.92 Å². The Kier molecular flexibility index (Phi) is 1.98. The van der Waals surface area contributed by atoms with Crippen molar-refractivity contribution >= 4 is 29.3 Å². The van der Waals surface area contributed by atoms with Gasteiger partial charge in [-0.05, 0) is 28.5 Å². The van der Waals surface area contributed by atoms with E-state index in [1.54, 1.807) is 24.3 Å². The van der Waals surface area contributed by atoms with Crippen LogP contribution in [0.3, 0.4) is 0 Å². The fraction of sp³-hybridized carbons (Fsp3) is 0.111. The zero-order chi connectivity index (χ0) is 9.26. The molecule has 1 aromatic rings. The van der Waals surface area contributed by atoms with E-state index in [0.717, 1.165) is 5.56 Å². The minimum atomic E-state index is -0.372. The summed E-state index contributed by atoms with van der Waals surface area (Å²) in [6.45, 7) is 1.66. The number of hydrogen-bond donors (Lipinski definition) is 0. The molecule has 0 aromatic carbocycles. The van der Waals surface area contributed by atoms with Crippen molar-refractivity contribution in [1.82, 2.24) is 0 Å². The fourth-order valence-corrected chi connectivity index (χ4v) is 1.65. The number of carbonyl (C=O) groups is 1. The van der Waals surface area contributed by atoms with Crippen molar-refractivity contribution in [1.29, 1.82) is 0 Å². The van der Waals surface area contributed by atoms with Gasteiger partial charge in [0.2, 0.25) is 0 Å². The molecule has 0 N–H and O–H groups in total. The van der Waals surface area contributed by atoms with Crippen LogP contribution < -0.4 is 0 Å². The predicted octanol–water partition coefficient (Wildman–Crippen LogP) is 2.06. The quantitative estimate of drug-likeness (QED) is 0.506. The van der Waals surface area contributed by atoms with E-state index >= 15 is 0 Å². The maximum Gasteiger partial charge on any atom is 0.363 e. The van der Waals surface area contributed by atoms with Gasteiger partial charge in [0, 0.05) is 6.92 Å². The van der Waals surface area contributed by atoms with Crippen molar-refractivity contribution in [3.63, 3.8) is 0 Å². The highest BCUT2D eigenvalue weighted by Gasteiger charge is 2.19. The summed E-state index contributed by atoms with van der Waals surface area (Å²) in [4.78, 5) is 15.1. The second-order valence-electron chi connectivity index (χ2n) is 2.61. The Balaban J connectivity index is 2.31. The molecule has 13 heavy (non-hydrogen) atoms. The number of esters is 1. The molecule has 3 nitrogen and oxygen atoms in total. The standard InChI is InChI=1S/C9H7NO2S/c1-6-10-8(9(11)12-6)4-7-2-3-13-5-7/h2-5H,1H3. The Morgan fingerprint density at radius 1 is 1.62 bits per heavy atom. The van der Waals surface area contributed by atoms with Crippen molar-refractivity contribution < 1.29 is 9.53 Å². The average Bonchev–Trinajstić information content (AvgIpc) is 2.63. The van der Waals surface area contributed by atoms with Gasteiger partial charge in [-0.25, -0.2) is 9.79 Å². The van der Waals surface area contributed by atoms with Gasteiger partial charge in [-0.2, -0.15) is 11.3 Å². The summed E-state index contributed by atoms with van der Waals surface area (Å²) in [5.41, 5.74) is 1.35. The molecule has 0 aliphatic carbocycles. The van der Waals surface area contributed by atoms with Crippen LogP contribution in [0.1, 0.15) is 12.5 Å². The number of rotatable bonds is 1. The number of hydrogen-bond acceptors (Lipinski definition) is 4. The van der Waals surface area contributed by atoms with Crippen LogP contribution in [0.25, 0.3) is 6.08 Å². The van der Waals surface area contributed by atoms with Crippen LogP contribution in [0.15, 0.2) is 27.5 Å². The van der Waals surface area contributed by atoms with Gasteiger partial charge < -0.3 is 4.74 Å². The van der Waals surface area contributed by atoms with Crippen LogP contribution in [0.4, 0.5) is 0 Å². The lowest BCUT2D eigenvalue weighted by molar-refractivity contribution is -0.130. The molecule has 1 aliphatic heterocycles. The first-order chi connectivity index (χ1) is 6.25. The molecule has 0 bridgehead atoms. The number of cyclic esters (lactones) is 1. The summed E-state index contributed by atoms with van der Waals surface area (Å²) < 4.78 is 4.77. The van der Waals surface area contributed by atoms with Gasteiger partial charge in [0.05, 0.1) is 0 Å². The van der Waals surface area contributed by atoms with E-state index in [4.69, 9.17) is 4.74 Å². The SMILES string of the molecule is CC1=NC(=Cc2ccsc2)C(=O)O1. The van der Waals surface area contributed by atoms with Crippen LogP contribution in [-0.2, 0) is 9.53 Å². The molecule has 0 fully saturated rings. The van der Waals surface area contributed by atoms with Gasteiger partial charge in [-0.1, -0.05) is 0 Å². The summed E-state index contributed by atoms with van der Waals surface area (Å²) in [6.07, 6.45) is 1.72. The molecule has 0 saturated carbocycles. The van der Waals surface area contributed by atoms with E-state index in [-0.39, 0.29) is 5.97 Å². The maximum atomic E-state index is 11.1. The zero-order valence-electron chi connectivity index (χ0n) is 6.98. The van der Waals surface area contributed by atoms with Crippen molar-refractivity contribution in [2.75, 3.05) is 0 Å². The molecule has 66 valence electrons. The lowest BCUT2D eigenvalue weighted by Crippen LogP contribution is -1.99. The Hall–Kier alpha value is -1.42. The molecule has 0 spiro atoms. The molecule has 0 saturated heterocycles. The summed E-state index contributed by atoms with van der Waals surface area (Å²) in [7, 11) is 0. The topological polar surface area (TPSA) is 38.7 Å². The van der Waals surface area contributed by atoms with Crippen LogP contribution in [0.2, 0.25) is 0 Å². The molecule has 1 aliphatic rings. The first kappa shape index (κ1) is 8.19. The second kappa shape index (κ2) is 3.14. The Labute approximate surface area is 79.4 Å². The summed E-state index contributed by atoms with van der Waals surface area (Å²) >= 11 is 1.58. The third kappa shape index (κ3) is 1.67. The van der Waals surface area contributed by atoms with E-state index in [1.807, 2.05) is 16.8 Å². The third-order valence-electron chi connectivity index (χ3n) is 1.57. The maximum absolute atomic E-state index is 11.1. The van der Waals surface area contributed by atoms with Gasteiger partial charge in [0.1, 0.15) is 0 Å². The van der Waals surface area contributed by atoms with Gasteiger partial charge in [0.15, 0.2) is 11.6 Å². The number of ether oxygens (including phenoxy) is 1. The summed E-state index contributed by atoms with van der Waals surface area (Å²) in [5.74, 6) is 0.0372. The molecule has 0 unspecified atom stereocenters. The summed E-state index contributed by atoms with van der Waals surface area (Å²) in [5, 5.41) is 3.90. The molecule has 4 heteroatoms. The van der Waals surface area contributed by atoms with E-state index in [1.165, 1.54) is 0 Å². The van der Waals surface area contributed by atoms with Crippen LogP contribution in [0, 0.1) is 0 Å². The lowest BCUT2D eigenvalue weighted by Gasteiger charge is -1.88. The fourth-order valence-electron chi connectivity index (χ4n) is 1.03. The molecule has 0 radical (unpaired) electrons. The van der Waals surface area contributed by atoms with Gasteiger partial charge in [-0.15, -0.1) is 0 Å². The largest absolute Gasteiger partial charge is 0.407 e. The number of thiophene rings is 1. The van der Waals surface area contributed by atoms with E-state index in [0.29, 0.717) is 11.6 Å². The summed E-state index contributed by atoms with van der Waals surface area (Å²) in [6, 6.07) is 1.92. The van der Waals surface area contributed by atoms with Crippen LogP contribution in [0.5, 0.6) is 0 Å². The van der Waals surface area contributed by atoms with Crippen molar-refractivity contribution in [3.8, 4) is 0 Å². The van der Waals surface area contributed by atoms with Gasteiger partial charge in [-0.3, -0.25) is 0 Å². The van der Waals surface area contributed by atoms with Crippen LogP contribution in [-0.4, -0.2) is 11.9 Å². The molecule has 0 atom stereocenters. The Bertz CT molecular complexity index is 390. The van der Waals surface area contributed by atoms with E-state index in [2.05, 4.69) is 4.99 Å². The molecular formula is C9H7NO2S. The van der Waals surface area contributed by atoms with Gasteiger partial charge >= 0.3 is 5.97 Å². The first-order valence-corrected chi connectivity index (χ1v) is 4.71. The number of carbonyl (C=O) groups excluding carboxylic acids is 1. The minimum absolute atomic E-state index is 0.371. The average molecular weight is 193 g/mol. The monoisotopic (exact) mass is 193 g/mol. The van der Waals surface area contributed by atoms with Crippen molar-refractivity contribution in [3.05, 3.63) is 28.1 Å². The van der Waals surface area contributed by atoms with E-state index in [9.17, 15) is 4.79 Å². The zero-order valence-corrected chi connectivity index (χ0v) is 7.80. The lowest BCUT2D eigenvalue weighted by atomic mass is 10.3. The van der Waals surface area contributed by atoms with Gasteiger partial charge in [0.25, 0.3) is 0 Å². The highest BCUT2D eigenvalue weighted by Crippen LogP contribution is 2.16. The molecule has 0 amide bonds. The van der Waals surface area contributed by atoms with E-state index < -0.39 is 0 Å². The van der Waals surface area contributed by atoms with Crippen molar-refractivity contribution in [2.24, 2.45) is 4.99 Å².